The summed E-state index contributed by atoms with van der Waals surface area (Å²) in [6.07, 6.45) is 1.65. The van der Waals surface area contributed by atoms with Crippen molar-refractivity contribution in [3.8, 4) is 0 Å². The molecule has 1 rings (SSSR count). The molecule has 0 bridgehead atoms. The number of hydrogen-bond acceptors (Lipinski definition) is 3. The molecule has 1 aromatic heterocycles. The van der Waals surface area contributed by atoms with Gasteiger partial charge in [0.25, 0.3) is 0 Å². The average Bonchev–Trinajstić information content (AvgIpc) is 2.70. The van der Waals surface area contributed by atoms with Crippen LogP contribution < -0.4 is 5.32 Å². The number of carbonyl (C=O) groups excluding carboxylic acids is 1. The number of nitrogens with one attached hydrogen (secondary N) is 1. The molecule has 0 aliphatic rings. The van der Waals surface area contributed by atoms with Gasteiger partial charge in [0.1, 0.15) is 5.76 Å². The van der Waals surface area contributed by atoms with Crippen LogP contribution in [0.4, 0.5) is 0 Å². The van der Waals surface area contributed by atoms with Crippen LogP contribution in [0.25, 0.3) is 0 Å². The van der Waals surface area contributed by atoms with E-state index >= 15 is 0 Å². The van der Waals surface area contributed by atoms with Crippen molar-refractivity contribution in [1.82, 2.24) is 10.2 Å². The van der Waals surface area contributed by atoms with E-state index in [1.807, 2.05) is 45.0 Å². The van der Waals surface area contributed by atoms with E-state index in [0.717, 1.165) is 5.76 Å². The van der Waals surface area contributed by atoms with Gasteiger partial charge in [-0.3, -0.25) is 9.69 Å². The first-order chi connectivity index (χ1) is 7.52. The summed E-state index contributed by atoms with van der Waals surface area (Å²) in [5.41, 5.74) is 0. The van der Waals surface area contributed by atoms with Crippen LogP contribution in [0.3, 0.4) is 0 Å². The maximum Gasteiger partial charge on any atom is 0.222 e. The minimum absolute atomic E-state index is 0.0133. The SMILES string of the molecule is CC(C)C(=O)NCC(c1ccco1)N(C)C. The summed E-state index contributed by atoms with van der Waals surface area (Å²) in [6, 6.07) is 3.86. The number of likely N-dealkylation sites (N-methyl/N-ethyl adjacent to an activating group) is 1. The highest BCUT2D eigenvalue weighted by Gasteiger charge is 2.18. The topological polar surface area (TPSA) is 45.5 Å². The van der Waals surface area contributed by atoms with Crippen molar-refractivity contribution >= 4 is 5.91 Å². The van der Waals surface area contributed by atoms with Crippen LogP contribution in [0, 0.1) is 5.92 Å². The molecule has 1 unspecified atom stereocenters. The van der Waals surface area contributed by atoms with E-state index in [0.29, 0.717) is 6.54 Å². The number of nitrogens with zero attached hydrogens (tertiary/aromatic N) is 1. The molecule has 0 aromatic carbocycles. The van der Waals surface area contributed by atoms with Crippen molar-refractivity contribution in [3.05, 3.63) is 24.2 Å². The zero-order valence-electron chi connectivity index (χ0n) is 10.4. The molecule has 4 nitrogen and oxygen atoms in total. The predicted molar refractivity (Wildman–Crippen MR) is 63.0 cm³/mol. The van der Waals surface area contributed by atoms with E-state index in [1.54, 1.807) is 6.26 Å². The summed E-state index contributed by atoms with van der Waals surface area (Å²) < 4.78 is 5.36. The lowest BCUT2D eigenvalue weighted by atomic mass is 10.1. The number of hydrogen-bond donors (Lipinski definition) is 1. The molecule has 0 saturated heterocycles. The molecule has 90 valence electrons. The Balaban J connectivity index is 2.57. The maximum absolute atomic E-state index is 11.5. The molecule has 0 fully saturated rings. The smallest absolute Gasteiger partial charge is 0.222 e. The third-order valence-corrected chi connectivity index (χ3v) is 2.49. The van der Waals surface area contributed by atoms with Gasteiger partial charge in [0.2, 0.25) is 5.91 Å². The van der Waals surface area contributed by atoms with Gasteiger partial charge in [-0.2, -0.15) is 0 Å². The van der Waals surface area contributed by atoms with E-state index < -0.39 is 0 Å². The zero-order valence-corrected chi connectivity index (χ0v) is 10.4. The second-order valence-electron chi connectivity index (χ2n) is 4.39. The first kappa shape index (κ1) is 12.8. The van der Waals surface area contributed by atoms with Crippen LogP contribution in [0.15, 0.2) is 22.8 Å². The van der Waals surface area contributed by atoms with Crippen LogP contribution in [-0.4, -0.2) is 31.4 Å². The molecule has 1 N–H and O–H groups in total. The third-order valence-electron chi connectivity index (χ3n) is 2.49. The molecule has 4 heteroatoms. The predicted octanol–water partition coefficient (Wildman–Crippen LogP) is 1.65. The number of carbonyl (C=O) groups is 1. The highest BCUT2D eigenvalue weighted by Crippen LogP contribution is 2.17. The Morgan fingerprint density at radius 1 is 1.50 bits per heavy atom. The molecule has 1 aromatic rings. The third kappa shape index (κ3) is 3.38. The minimum Gasteiger partial charge on any atom is -0.468 e. The number of furan rings is 1. The van der Waals surface area contributed by atoms with Crippen LogP contribution in [0.1, 0.15) is 25.6 Å². The molecule has 0 radical (unpaired) electrons. The highest BCUT2D eigenvalue weighted by atomic mass is 16.3. The van der Waals surface area contributed by atoms with Gasteiger partial charge in [-0.1, -0.05) is 13.8 Å². The van der Waals surface area contributed by atoms with Crippen LogP contribution in [0.2, 0.25) is 0 Å². The minimum atomic E-state index is 0.0133. The lowest BCUT2D eigenvalue weighted by molar-refractivity contribution is -0.124. The van der Waals surface area contributed by atoms with Crippen molar-refractivity contribution in [2.75, 3.05) is 20.6 Å². The van der Waals surface area contributed by atoms with Crippen LogP contribution in [0.5, 0.6) is 0 Å². The highest BCUT2D eigenvalue weighted by molar-refractivity contribution is 5.77. The van der Waals surface area contributed by atoms with Crippen molar-refractivity contribution in [1.29, 1.82) is 0 Å². The van der Waals surface area contributed by atoms with Crippen LogP contribution in [-0.2, 0) is 4.79 Å². The summed E-state index contributed by atoms with van der Waals surface area (Å²) in [7, 11) is 3.93. The van der Waals surface area contributed by atoms with Gasteiger partial charge in [-0.05, 0) is 26.2 Å². The molecule has 0 spiro atoms. The number of rotatable bonds is 5. The Morgan fingerprint density at radius 2 is 2.19 bits per heavy atom. The van der Waals surface area contributed by atoms with E-state index in [9.17, 15) is 4.79 Å². The van der Waals surface area contributed by atoms with Gasteiger partial charge in [0.15, 0.2) is 0 Å². The first-order valence-corrected chi connectivity index (χ1v) is 5.50. The van der Waals surface area contributed by atoms with E-state index in [4.69, 9.17) is 4.42 Å². The van der Waals surface area contributed by atoms with Gasteiger partial charge < -0.3 is 9.73 Å². The van der Waals surface area contributed by atoms with E-state index in [-0.39, 0.29) is 17.9 Å². The molecule has 1 amide bonds. The Labute approximate surface area is 96.6 Å². The molecule has 0 aliphatic carbocycles. The summed E-state index contributed by atoms with van der Waals surface area (Å²) in [5.74, 6) is 0.951. The molecular weight excluding hydrogens is 204 g/mol. The summed E-state index contributed by atoms with van der Waals surface area (Å²) in [4.78, 5) is 13.5. The van der Waals surface area contributed by atoms with Crippen molar-refractivity contribution in [3.63, 3.8) is 0 Å². The first-order valence-electron chi connectivity index (χ1n) is 5.50. The summed E-state index contributed by atoms with van der Waals surface area (Å²) in [6.45, 7) is 4.33. The van der Waals surface area contributed by atoms with Crippen molar-refractivity contribution < 1.29 is 9.21 Å². The second-order valence-corrected chi connectivity index (χ2v) is 4.39. The molecular formula is C12H20N2O2. The average molecular weight is 224 g/mol. The van der Waals surface area contributed by atoms with E-state index in [1.165, 1.54) is 0 Å². The fraction of sp³-hybridized carbons (Fsp3) is 0.583. The zero-order chi connectivity index (χ0) is 12.1. The van der Waals surface area contributed by atoms with Gasteiger partial charge in [0, 0.05) is 12.5 Å². The second kappa shape index (κ2) is 5.70. The molecule has 16 heavy (non-hydrogen) atoms. The standard InChI is InChI=1S/C12H20N2O2/c1-9(2)12(15)13-8-10(14(3)4)11-6-5-7-16-11/h5-7,9-10H,8H2,1-4H3,(H,13,15). The lowest BCUT2D eigenvalue weighted by Crippen LogP contribution is -2.36. The molecule has 0 saturated carbocycles. The Bertz CT molecular complexity index is 318. The van der Waals surface area contributed by atoms with Gasteiger partial charge in [-0.25, -0.2) is 0 Å². The molecule has 1 atom stereocenters. The fourth-order valence-electron chi connectivity index (χ4n) is 1.42. The van der Waals surface area contributed by atoms with Crippen LogP contribution >= 0.6 is 0 Å². The maximum atomic E-state index is 11.5. The largest absolute Gasteiger partial charge is 0.468 e. The monoisotopic (exact) mass is 224 g/mol. The van der Waals surface area contributed by atoms with Gasteiger partial charge >= 0.3 is 0 Å². The van der Waals surface area contributed by atoms with Crippen molar-refractivity contribution in [2.24, 2.45) is 5.92 Å². The van der Waals surface area contributed by atoms with Gasteiger partial charge in [-0.15, -0.1) is 0 Å². The Hall–Kier alpha value is -1.29. The van der Waals surface area contributed by atoms with Gasteiger partial charge in [0.05, 0.1) is 12.3 Å². The van der Waals surface area contributed by atoms with E-state index in [2.05, 4.69) is 5.32 Å². The Morgan fingerprint density at radius 3 is 2.62 bits per heavy atom. The lowest BCUT2D eigenvalue weighted by Gasteiger charge is -2.23. The quantitative estimate of drug-likeness (QED) is 0.827. The summed E-state index contributed by atoms with van der Waals surface area (Å²) in [5, 5.41) is 2.91. The number of amides is 1. The molecule has 0 aliphatic heterocycles. The normalized spacial score (nSPS) is 13.1. The Kier molecular flexibility index (Phi) is 4.55. The summed E-state index contributed by atoms with van der Waals surface area (Å²) >= 11 is 0. The van der Waals surface area contributed by atoms with Crippen molar-refractivity contribution in [2.45, 2.75) is 19.9 Å². The molecule has 1 heterocycles. The fourth-order valence-corrected chi connectivity index (χ4v) is 1.42.